The number of rotatable bonds is 9. The van der Waals surface area contributed by atoms with Crippen LogP contribution in [0.2, 0.25) is 0 Å². The second kappa shape index (κ2) is 12.8. The highest BCUT2D eigenvalue weighted by atomic mass is 127. The van der Waals surface area contributed by atoms with Gasteiger partial charge in [0.15, 0.2) is 5.96 Å². The monoisotopic (exact) mass is 505 g/mol. The topological polar surface area (TPSA) is 80.7 Å². The summed E-state index contributed by atoms with van der Waals surface area (Å²) in [7, 11) is 1.65. The zero-order valence-corrected chi connectivity index (χ0v) is 19.4. The second-order valence-corrected chi connectivity index (χ2v) is 6.89. The van der Waals surface area contributed by atoms with Crippen LogP contribution in [-0.4, -0.2) is 42.8 Å². The highest BCUT2D eigenvalue weighted by molar-refractivity contribution is 14.0. The van der Waals surface area contributed by atoms with Crippen LogP contribution in [0.5, 0.6) is 5.88 Å². The normalized spacial score (nSPS) is 11.0. The van der Waals surface area contributed by atoms with Crippen molar-refractivity contribution < 1.29 is 9.47 Å². The summed E-state index contributed by atoms with van der Waals surface area (Å²) in [6, 6.07) is 3.85. The van der Waals surface area contributed by atoms with Crippen molar-refractivity contribution in [2.45, 2.75) is 33.9 Å². The number of nitrogens with zero attached hydrogens (tertiary/aromatic N) is 3. The summed E-state index contributed by atoms with van der Waals surface area (Å²) < 4.78 is 10.7. The number of hydrogen-bond donors (Lipinski definition) is 2. The van der Waals surface area contributed by atoms with E-state index in [2.05, 4.69) is 32.5 Å². The first kappa shape index (κ1) is 23.6. The van der Waals surface area contributed by atoms with Crippen molar-refractivity contribution in [2.24, 2.45) is 4.99 Å². The molecule has 2 aromatic rings. The number of nitrogens with one attached hydrogen (secondary N) is 2. The molecule has 0 aliphatic rings. The van der Waals surface area contributed by atoms with E-state index in [1.807, 2.05) is 26.0 Å². The zero-order valence-electron chi connectivity index (χ0n) is 16.2. The Morgan fingerprint density at radius 2 is 2.07 bits per heavy atom. The largest absolute Gasteiger partial charge is 0.475 e. The fourth-order valence-corrected chi connectivity index (χ4v) is 3.05. The summed E-state index contributed by atoms with van der Waals surface area (Å²) in [6.07, 6.45) is 1.71. The Bertz CT molecular complexity index is 704. The molecule has 0 radical (unpaired) electrons. The number of aromatic nitrogens is 2. The summed E-state index contributed by atoms with van der Waals surface area (Å²) in [5.74, 6) is 1.33. The van der Waals surface area contributed by atoms with Gasteiger partial charge in [-0.2, -0.15) is 0 Å². The number of ether oxygens (including phenoxy) is 2. The van der Waals surface area contributed by atoms with E-state index in [1.54, 1.807) is 24.6 Å². The fraction of sp³-hybridized carbons (Fsp3) is 0.500. The molecule has 2 rings (SSSR count). The van der Waals surface area contributed by atoms with Crippen molar-refractivity contribution in [3.63, 3.8) is 0 Å². The first-order chi connectivity index (χ1) is 12.6. The molecule has 27 heavy (non-hydrogen) atoms. The lowest BCUT2D eigenvalue weighted by Crippen LogP contribution is -2.36. The van der Waals surface area contributed by atoms with E-state index in [0.717, 1.165) is 28.8 Å². The second-order valence-electron chi connectivity index (χ2n) is 5.61. The molecule has 0 spiro atoms. The Morgan fingerprint density at radius 1 is 1.26 bits per heavy atom. The molecule has 0 aliphatic heterocycles. The molecule has 0 bridgehead atoms. The van der Waals surface area contributed by atoms with Crippen LogP contribution in [0.25, 0.3) is 0 Å². The van der Waals surface area contributed by atoms with Gasteiger partial charge < -0.3 is 20.1 Å². The molecule has 9 heteroatoms. The number of pyridine rings is 1. The third-order valence-corrected chi connectivity index (χ3v) is 4.68. The highest BCUT2D eigenvalue weighted by Crippen LogP contribution is 2.17. The third kappa shape index (κ3) is 7.97. The van der Waals surface area contributed by atoms with Gasteiger partial charge in [-0.25, -0.2) is 15.0 Å². The molecule has 0 aromatic carbocycles. The molecule has 0 saturated heterocycles. The Kier molecular flexibility index (Phi) is 11.2. The summed E-state index contributed by atoms with van der Waals surface area (Å²) in [4.78, 5) is 14.7. The minimum absolute atomic E-state index is 0. The number of halogens is 1. The number of aliphatic imine (C=N–C) groups is 1. The smallest absolute Gasteiger partial charge is 0.218 e. The molecule has 0 unspecified atom stereocenters. The van der Waals surface area contributed by atoms with Crippen LogP contribution >= 0.6 is 35.3 Å². The maximum Gasteiger partial charge on any atom is 0.218 e. The molecular weight excluding hydrogens is 477 g/mol. The summed E-state index contributed by atoms with van der Waals surface area (Å²) >= 11 is 1.70. The van der Waals surface area contributed by atoms with Gasteiger partial charge in [-0.05, 0) is 26.8 Å². The molecule has 0 atom stereocenters. The Hall–Kier alpha value is -1.46. The van der Waals surface area contributed by atoms with E-state index in [4.69, 9.17) is 9.47 Å². The van der Waals surface area contributed by atoms with Crippen molar-refractivity contribution in [2.75, 3.05) is 26.9 Å². The number of methoxy groups -OCH3 is 1. The molecule has 150 valence electrons. The summed E-state index contributed by atoms with van der Waals surface area (Å²) in [5, 5.41) is 7.63. The van der Waals surface area contributed by atoms with Crippen molar-refractivity contribution >= 4 is 41.3 Å². The lowest BCUT2D eigenvalue weighted by Gasteiger charge is -2.11. The average molecular weight is 505 g/mol. The number of hydrogen-bond acceptors (Lipinski definition) is 6. The van der Waals surface area contributed by atoms with Crippen molar-refractivity contribution in [3.05, 3.63) is 39.5 Å². The average Bonchev–Trinajstić information content (AvgIpc) is 2.96. The lowest BCUT2D eigenvalue weighted by atomic mass is 10.3. The zero-order chi connectivity index (χ0) is 18.8. The van der Waals surface area contributed by atoms with Gasteiger partial charge in [-0.3, -0.25) is 0 Å². The molecule has 2 N–H and O–H groups in total. The molecule has 0 saturated carbocycles. The van der Waals surface area contributed by atoms with Gasteiger partial charge in [0.05, 0.1) is 25.4 Å². The lowest BCUT2D eigenvalue weighted by molar-refractivity contribution is 0.143. The first-order valence-electron chi connectivity index (χ1n) is 8.64. The van der Waals surface area contributed by atoms with Crippen LogP contribution in [0.3, 0.4) is 0 Å². The van der Waals surface area contributed by atoms with Gasteiger partial charge in [-0.15, -0.1) is 35.3 Å². The molecule has 2 heterocycles. The molecule has 0 amide bonds. The highest BCUT2D eigenvalue weighted by Gasteiger charge is 2.07. The molecule has 0 aliphatic carbocycles. The minimum Gasteiger partial charge on any atom is -0.475 e. The van der Waals surface area contributed by atoms with Gasteiger partial charge in [0, 0.05) is 30.3 Å². The Labute approximate surface area is 182 Å². The molecule has 0 fully saturated rings. The van der Waals surface area contributed by atoms with Gasteiger partial charge in [0.1, 0.15) is 11.6 Å². The molecule has 2 aromatic heterocycles. The van der Waals surface area contributed by atoms with Gasteiger partial charge in [-0.1, -0.05) is 6.07 Å². The van der Waals surface area contributed by atoms with E-state index in [9.17, 15) is 0 Å². The Morgan fingerprint density at radius 3 is 2.74 bits per heavy atom. The SMILES string of the molecule is CCNC(=NCc1cccnc1OCCOC)NCc1nc(C)c(C)s1.I. The van der Waals surface area contributed by atoms with Crippen LogP contribution in [0.1, 0.15) is 28.1 Å². The van der Waals surface area contributed by atoms with Crippen LogP contribution in [0, 0.1) is 13.8 Å². The molecule has 7 nitrogen and oxygen atoms in total. The predicted molar refractivity (Wildman–Crippen MR) is 120 cm³/mol. The number of thiazole rings is 1. The molecular formula is C18H28IN5O2S. The van der Waals surface area contributed by atoms with Gasteiger partial charge >= 0.3 is 0 Å². The van der Waals surface area contributed by atoms with Crippen molar-refractivity contribution in [1.82, 2.24) is 20.6 Å². The van der Waals surface area contributed by atoms with Crippen LogP contribution < -0.4 is 15.4 Å². The summed E-state index contributed by atoms with van der Waals surface area (Å²) in [6.45, 7) is 9.05. The number of guanidine groups is 1. The van der Waals surface area contributed by atoms with Crippen LogP contribution in [0.15, 0.2) is 23.3 Å². The van der Waals surface area contributed by atoms with Gasteiger partial charge in [0.2, 0.25) is 5.88 Å². The van der Waals surface area contributed by atoms with E-state index >= 15 is 0 Å². The van der Waals surface area contributed by atoms with Crippen molar-refractivity contribution in [3.8, 4) is 5.88 Å². The predicted octanol–water partition coefficient (Wildman–Crippen LogP) is 3.05. The quantitative estimate of drug-likeness (QED) is 0.236. The first-order valence-corrected chi connectivity index (χ1v) is 9.46. The minimum atomic E-state index is 0. The fourth-order valence-electron chi connectivity index (χ4n) is 2.18. The van der Waals surface area contributed by atoms with E-state index in [-0.39, 0.29) is 24.0 Å². The third-order valence-electron chi connectivity index (χ3n) is 3.61. The van der Waals surface area contributed by atoms with E-state index in [0.29, 0.717) is 32.2 Å². The van der Waals surface area contributed by atoms with Crippen molar-refractivity contribution in [1.29, 1.82) is 0 Å². The maximum atomic E-state index is 5.66. The van der Waals surface area contributed by atoms with E-state index < -0.39 is 0 Å². The van der Waals surface area contributed by atoms with Gasteiger partial charge in [0.25, 0.3) is 0 Å². The number of aryl methyl sites for hydroxylation is 2. The standard InChI is InChI=1S/C18H27N5O2S.HI/c1-5-19-18(22-12-16-23-13(2)14(3)26-16)21-11-15-7-6-8-20-17(15)25-10-9-24-4;/h6-8H,5,9-12H2,1-4H3,(H2,19,21,22);1H. The van der Waals surface area contributed by atoms with E-state index in [1.165, 1.54) is 4.88 Å². The Balaban J connectivity index is 0.00000364. The van der Waals surface area contributed by atoms with Crippen LogP contribution in [-0.2, 0) is 17.8 Å². The van der Waals surface area contributed by atoms with Crippen LogP contribution in [0.4, 0.5) is 0 Å². The summed E-state index contributed by atoms with van der Waals surface area (Å²) in [5.41, 5.74) is 2.02. The maximum absolute atomic E-state index is 5.66.